The van der Waals surface area contributed by atoms with E-state index in [-0.39, 0.29) is 18.2 Å². The average Bonchev–Trinajstić information content (AvgIpc) is 1.97. The molecule has 1 aromatic rings. The van der Waals surface area contributed by atoms with Gasteiger partial charge in [0.15, 0.2) is 0 Å². The zero-order valence-electron chi connectivity index (χ0n) is 6.39. The predicted octanol–water partition coefficient (Wildman–Crippen LogP) is 2.40. The molecule has 1 nitrogen and oxygen atoms in total. The van der Waals surface area contributed by atoms with Gasteiger partial charge in [0.1, 0.15) is 5.82 Å². The van der Waals surface area contributed by atoms with E-state index in [1.807, 2.05) is 0 Å². The summed E-state index contributed by atoms with van der Waals surface area (Å²) in [5, 5.41) is 0.454. The lowest BCUT2D eigenvalue weighted by molar-refractivity contribution is 0.609. The van der Waals surface area contributed by atoms with Crippen LogP contribution in [0.5, 0.6) is 0 Å². The van der Waals surface area contributed by atoms with Crippen molar-refractivity contribution in [3.63, 3.8) is 0 Å². The first kappa shape index (κ1) is 11.7. The van der Waals surface area contributed by atoms with Gasteiger partial charge in [-0.3, -0.25) is 0 Å². The average molecular weight is 210 g/mol. The maximum Gasteiger partial charge on any atom is 0.127 e. The van der Waals surface area contributed by atoms with Crippen molar-refractivity contribution in [2.75, 3.05) is 6.54 Å². The molecule has 0 aliphatic heterocycles. The fourth-order valence-electron chi connectivity index (χ4n) is 0.916. The molecule has 0 aliphatic carbocycles. The minimum Gasteiger partial charge on any atom is -0.330 e. The van der Waals surface area contributed by atoms with Crippen LogP contribution in [0.15, 0.2) is 18.2 Å². The third-order valence-electron chi connectivity index (χ3n) is 1.46. The van der Waals surface area contributed by atoms with E-state index < -0.39 is 0 Å². The molecule has 0 saturated heterocycles. The Morgan fingerprint density at radius 2 is 2.08 bits per heavy atom. The Labute approximate surface area is 82.1 Å². The highest BCUT2D eigenvalue weighted by atomic mass is 35.5. The second-order valence-corrected chi connectivity index (χ2v) is 2.65. The van der Waals surface area contributed by atoms with E-state index in [9.17, 15) is 4.39 Å². The van der Waals surface area contributed by atoms with E-state index in [1.165, 1.54) is 6.07 Å². The molecule has 0 fully saturated rings. The second-order valence-electron chi connectivity index (χ2n) is 2.24. The Balaban J connectivity index is 0.00000121. The van der Waals surface area contributed by atoms with Crippen LogP contribution in [0.3, 0.4) is 0 Å². The number of rotatable bonds is 2. The van der Waals surface area contributed by atoms with Gasteiger partial charge < -0.3 is 5.73 Å². The molecule has 0 aromatic heterocycles. The summed E-state index contributed by atoms with van der Waals surface area (Å²) in [6.07, 6.45) is 0.492. The number of nitrogens with two attached hydrogens (primary N) is 1. The molecule has 0 heterocycles. The van der Waals surface area contributed by atoms with E-state index in [4.69, 9.17) is 17.3 Å². The first-order valence-corrected chi connectivity index (χ1v) is 3.76. The van der Waals surface area contributed by atoms with E-state index >= 15 is 0 Å². The van der Waals surface area contributed by atoms with Crippen LogP contribution >= 0.6 is 24.0 Å². The van der Waals surface area contributed by atoms with E-state index in [0.717, 1.165) is 0 Å². The van der Waals surface area contributed by atoms with E-state index in [2.05, 4.69) is 0 Å². The van der Waals surface area contributed by atoms with Crippen molar-refractivity contribution in [2.45, 2.75) is 6.42 Å². The van der Waals surface area contributed by atoms with Crippen molar-refractivity contribution in [2.24, 2.45) is 5.73 Å². The molecular formula is C8H10Cl2FN. The largest absolute Gasteiger partial charge is 0.330 e. The van der Waals surface area contributed by atoms with Gasteiger partial charge in [-0.15, -0.1) is 12.4 Å². The van der Waals surface area contributed by atoms with Crippen molar-refractivity contribution < 1.29 is 4.39 Å². The predicted molar refractivity (Wildman–Crippen MR) is 51.4 cm³/mol. The summed E-state index contributed by atoms with van der Waals surface area (Å²) in [6, 6.07) is 4.63. The topological polar surface area (TPSA) is 26.0 Å². The minimum absolute atomic E-state index is 0. The second kappa shape index (κ2) is 5.36. The molecule has 0 bridgehead atoms. The van der Waals surface area contributed by atoms with E-state index in [1.54, 1.807) is 12.1 Å². The molecule has 0 atom stereocenters. The monoisotopic (exact) mass is 209 g/mol. The Morgan fingerprint density at radius 1 is 1.42 bits per heavy atom. The molecule has 12 heavy (non-hydrogen) atoms. The van der Waals surface area contributed by atoms with Crippen LogP contribution in [-0.2, 0) is 6.42 Å². The van der Waals surface area contributed by atoms with Crippen LogP contribution in [0.25, 0.3) is 0 Å². The fraction of sp³-hybridized carbons (Fsp3) is 0.250. The zero-order chi connectivity index (χ0) is 8.27. The van der Waals surface area contributed by atoms with Gasteiger partial charge in [-0.1, -0.05) is 17.7 Å². The summed E-state index contributed by atoms with van der Waals surface area (Å²) in [5.41, 5.74) is 5.78. The molecule has 0 amide bonds. The van der Waals surface area contributed by atoms with Gasteiger partial charge in [-0.2, -0.15) is 0 Å². The Kier molecular flexibility index (Phi) is 5.22. The molecule has 1 aromatic carbocycles. The van der Waals surface area contributed by atoms with Crippen molar-refractivity contribution in [1.29, 1.82) is 0 Å². The number of halogens is 3. The van der Waals surface area contributed by atoms with Crippen molar-refractivity contribution in [3.8, 4) is 0 Å². The highest BCUT2D eigenvalue weighted by Gasteiger charge is 2.03. The van der Waals surface area contributed by atoms with Gasteiger partial charge in [-0.25, -0.2) is 4.39 Å². The summed E-state index contributed by atoms with van der Waals surface area (Å²) in [5.74, 6) is -0.275. The van der Waals surface area contributed by atoms with E-state index in [0.29, 0.717) is 23.6 Å². The van der Waals surface area contributed by atoms with Crippen LogP contribution in [0.1, 0.15) is 5.56 Å². The van der Waals surface area contributed by atoms with Crippen LogP contribution in [0.2, 0.25) is 5.02 Å². The number of hydrogen-bond donors (Lipinski definition) is 1. The van der Waals surface area contributed by atoms with Crippen LogP contribution in [0.4, 0.5) is 4.39 Å². The highest BCUT2D eigenvalue weighted by molar-refractivity contribution is 6.31. The molecule has 0 radical (unpaired) electrons. The third-order valence-corrected chi connectivity index (χ3v) is 1.81. The van der Waals surface area contributed by atoms with Gasteiger partial charge in [0, 0.05) is 10.6 Å². The molecule has 0 unspecified atom stereocenters. The highest BCUT2D eigenvalue weighted by Crippen LogP contribution is 2.18. The van der Waals surface area contributed by atoms with Crippen molar-refractivity contribution in [1.82, 2.24) is 0 Å². The maximum atomic E-state index is 12.9. The fourth-order valence-corrected chi connectivity index (χ4v) is 1.17. The van der Waals surface area contributed by atoms with Crippen molar-refractivity contribution >= 4 is 24.0 Å². The van der Waals surface area contributed by atoms with Gasteiger partial charge in [0.25, 0.3) is 0 Å². The van der Waals surface area contributed by atoms with Crippen LogP contribution in [-0.4, -0.2) is 6.54 Å². The molecule has 0 aliphatic rings. The maximum absolute atomic E-state index is 12.9. The number of hydrogen-bond acceptors (Lipinski definition) is 1. The lowest BCUT2D eigenvalue weighted by Gasteiger charge is -2.02. The first-order valence-electron chi connectivity index (χ1n) is 3.38. The SMILES string of the molecule is Cl.NCCc1c(F)cccc1Cl. The van der Waals surface area contributed by atoms with Gasteiger partial charge in [-0.05, 0) is 25.1 Å². The van der Waals surface area contributed by atoms with Crippen LogP contribution in [0, 0.1) is 5.82 Å². The first-order chi connectivity index (χ1) is 5.25. The summed E-state index contributed by atoms with van der Waals surface area (Å²) in [6.45, 7) is 0.417. The standard InChI is InChI=1S/C8H9ClFN.ClH/c9-7-2-1-3-8(10)6(7)4-5-11;/h1-3H,4-5,11H2;1H. The summed E-state index contributed by atoms with van der Waals surface area (Å²) in [7, 11) is 0. The lowest BCUT2D eigenvalue weighted by atomic mass is 10.1. The summed E-state index contributed by atoms with van der Waals surface area (Å²) in [4.78, 5) is 0. The number of benzene rings is 1. The summed E-state index contributed by atoms with van der Waals surface area (Å²) >= 11 is 5.71. The molecule has 0 spiro atoms. The molecular weight excluding hydrogens is 200 g/mol. The smallest absolute Gasteiger partial charge is 0.127 e. The van der Waals surface area contributed by atoms with Crippen LogP contribution < -0.4 is 5.73 Å². The Morgan fingerprint density at radius 3 is 2.58 bits per heavy atom. The molecule has 1 rings (SSSR count). The third kappa shape index (κ3) is 2.63. The quantitative estimate of drug-likeness (QED) is 0.796. The minimum atomic E-state index is -0.275. The molecule has 2 N–H and O–H groups in total. The molecule has 0 saturated carbocycles. The Bertz CT molecular complexity index is 233. The van der Waals surface area contributed by atoms with Crippen molar-refractivity contribution in [3.05, 3.63) is 34.6 Å². The molecule has 4 heteroatoms. The van der Waals surface area contributed by atoms with Gasteiger partial charge >= 0.3 is 0 Å². The van der Waals surface area contributed by atoms with Gasteiger partial charge in [0.05, 0.1) is 0 Å². The Hall–Kier alpha value is -0.310. The van der Waals surface area contributed by atoms with Gasteiger partial charge in [0.2, 0.25) is 0 Å². The summed E-state index contributed by atoms with van der Waals surface area (Å²) < 4.78 is 12.9. The lowest BCUT2D eigenvalue weighted by Crippen LogP contribution is -2.04. The normalized spacial score (nSPS) is 9.25. The zero-order valence-corrected chi connectivity index (χ0v) is 7.96. The molecule has 68 valence electrons.